The second kappa shape index (κ2) is 7.44. The number of benzene rings is 2. The van der Waals surface area contributed by atoms with Crippen molar-refractivity contribution in [1.29, 1.82) is 0 Å². The van der Waals surface area contributed by atoms with Gasteiger partial charge in [-0.1, -0.05) is 30.3 Å². The van der Waals surface area contributed by atoms with E-state index in [1.807, 2.05) is 54.9 Å². The van der Waals surface area contributed by atoms with Crippen LogP contribution in [-0.2, 0) is 13.1 Å². The maximum Gasteiger partial charge on any atom is 0.251 e. The summed E-state index contributed by atoms with van der Waals surface area (Å²) in [6.45, 7) is 1.44. The minimum absolute atomic E-state index is 0.0115. The van der Waals surface area contributed by atoms with Gasteiger partial charge in [0.2, 0.25) is 0 Å². The number of amides is 1. The zero-order valence-corrected chi connectivity index (χ0v) is 14.6. The number of imidazole rings is 1. The molecule has 1 amide bonds. The van der Waals surface area contributed by atoms with E-state index >= 15 is 0 Å². The summed E-state index contributed by atoms with van der Waals surface area (Å²) >= 11 is 0. The molecule has 2 aromatic carbocycles. The van der Waals surface area contributed by atoms with Crippen molar-refractivity contribution in [3.05, 3.63) is 83.9 Å². The van der Waals surface area contributed by atoms with Crippen LogP contribution in [0.2, 0.25) is 0 Å². The first-order valence-corrected chi connectivity index (χ1v) is 8.97. The second-order valence-electron chi connectivity index (χ2n) is 6.64. The highest BCUT2D eigenvalue weighted by Crippen LogP contribution is 2.19. The van der Waals surface area contributed by atoms with E-state index in [-0.39, 0.29) is 5.91 Å². The number of aromatic nitrogens is 2. The standard InChI is InChI=1S/C21H22N4O/c26-21(24-19-10-11-19)17-6-8-18(9-7-17)23-14-20-22-12-13-25(20)15-16-4-2-1-3-5-16/h1-9,12-13,19,23H,10-11,14-15H2,(H,24,26). The molecule has 26 heavy (non-hydrogen) atoms. The maximum absolute atomic E-state index is 12.0. The van der Waals surface area contributed by atoms with Gasteiger partial charge in [0, 0.05) is 36.2 Å². The van der Waals surface area contributed by atoms with Crippen LogP contribution in [-0.4, -0.2) is 21.5 Å². The van der Waals surface area contributed by atoms with Gasteiger partial charge < -0.3 is 15.2 Å². The summed E-state index contributed by atoms with van der Waals surface area (Å²) in [5.41, 5.74) is 2.92. The largest absolute Gasteiger partial charge is 0.378 e. The average molecular weight is 346 g/mol. The minimum Gasteiger partial charge on any atom is -0.378 e. The van der Waals surface area contributed by atoms with Gasteiger partial charge in [-0.05, 0) is 42.7 Å². The number of anilines is 1. The van der Waals surface area contributed by atoms with Gasteiger partial charge in [-0.25, -0.2) is 4.98 Å². The zero-order chi connectivity index (χ0) is 17.8. The van der Waals surface area contributed by atoms with Crippen molar-refractivity contribution < 1.29 is 4.79 Å². The summed E-state index contributed by atoms with van der Waals surface area (Å²) in [6, 6.07) is 18.3. The van der Waals surface area contributed by atoms with Crippen molar-refractivity contribution in [3.63, 3.8) is 0 Å². The smallest absolute Gasteiger partial charge is 0.251 e. The van der Waals surface area contributed by atoms with Crippen LogP contribution in [0.4, 0.5) is 5.69 Å². The highest BCUT2D eigenvalue weighted by Gasteiger charge is 2.23. The third-order valence-electron chi connectivity index (χ3n) is 4.51. The Morgan fingerprint density at radius 3 is 2.58 bits per heavy atom. The molecule has 4 rings (SSSR count). The van der Waals surface area contributed by atoms with Crippen LogP contribution in [0.25, 0.3) is 0 Å². The monoisotopic (exact) mass is 346 g/mol. The predicted molar refractivity (Wildman–Crippen MR) is 102 cm³/mol. The van der Waals surface area contributed by atoms with Crippen molar-refractivity contribution in [1.82, 2.24) is 14.9 Å². The Morgan fingerprint density at radius 2 is 1.85 bits per heavy atom. The molecule has 132 valence electrons. The van der Waals surface area contributed by atoms with E-state index in [1.165, 1.54) is 5.56 Å². The molecule has 1 aliphatic rings. The van der Waals surface area contributed by atoms with Crippen molar-refractivity contribution in [2.24, 2.45) is 0 Å². The zero-order valence-electron chi connectivity index (χ0n) is 14.6. The molecule has 0 saturated heterocycles. The van der Waals surface area contributed by atoms with Crippen molar-refractivity contribution in [3.8, 4) is 0 Å². The fourth-order valence-electron chi connectivity index (χ4n) is 2.85. The topological polar surface area (TPSA) is 59.0 Å². The van der Waals surface area contributed by atoms with Gasteiger partial charge in [0.25, 0.3) is 5.91 Å². The molecular weight excluding hydrogens is 324 g/mol. The Kier molecular flexibility index (Phi) is 4.69. The normalized spacial score (nSPS) is 13.4. The molecule has 1 heterocycles. The van der Waals surface area contributed by atoms with Gasteiger partial charge in [-0.2, -0.15) is 0 Å². The molecule has 1 fully saturated rings. The number of rotatable bonds is 7. The number of hydrogen-bond donors (Lipinski definition) is 2. The number of nitrogens with zero attached hydrogens (tertiary/aromatic N) is 2. The summed E-state index contributed by atoms with van der Waals surface area (Å²) < 4.78 is 2.14. The molecule has 1 aliphatic carbocycles. The van der Waals surface area contributed by atoms with Crippen LogP contribution < -0.4 is 10.6 Å². The van der Waals surface area contributed by atoms with Crippen molar-refractivity contribution in [2.75, 3.05) is 5.32 Å². The molecule has 0 spiro atoms. The molecule has 0 aliphatic heterocycles. The second-order valence-corrected chi connectivity index (χ2v) is 6.64. The van der Waals surface area contributed by atoms with Crippen LogP contribution in [0, 0.1) is 0 Å². The summed E-state index contributed by atoms with van der Waals surface area (Å²) in [7, 11) is 0. The van der Waals surface area contributed by atoms with Crippen LogP contribution in [0.3, 0.4) is 0 Å². The fourth-order valence-corrected chi connectivity index (χ4v) is 2.85. The SMILES string of the molecule is O=C(NC1CC1)c1ccc(NCc2nccn2Cc2ccccc2)cc1. The molecule has 1 saturated carbocycles. The Hall–Kier alpha value is -3.08. The first-order chi connectivity index (χ1) is 12.8. The predicted octanol–water partition coefficient (Wildman–Crippen LogP) is 3.44. The molecule has 0 atom stereocenters. The van der Waals surface area contributed by atoms with E-state index in [1.54, 1.807) is 0 Å². The molecule has 3 aromatic rings. The van der Waals surface area contributed by atoms with E-state index in [0.29, 0.717) is 18.2 Å². The number of carbonyl (C=O) groups is 1. The molecule has 5 heteroatoms. The quantitative estimate of drug-likeness (QED) is 0.689. The first kappa shape index (κ1) is 16.4. The van der Waals surface area contributed by atoms with Crippen LogP contribution in [0.15, 0.2) is 67.0 Å². The van der Waals surface area contributed by atoms with Crippen LogP contribution in [0.1, 0.15) is 34.6 Å². The first-order valence-electron chi connectivity index (χ1n) is 8.97. The minimum atomic E-state index is 0.0115. The van der Waals surface area contributed by atoms with Gasteiger partial charge in [0.05, 0.1) is 6.54 Å². The fraction of sp³-hybridized carbons (Fsp3) is 0.238. The summed E-state index contributed by atoms with van der Waals surface area (Å²) in [6.07, 6.45) is 6.02. The maximum atomic E-state index is 12.0. The molecule has 0 bridgehead atoms. The van der Waals surface area contributed by atoms with E-state index in [9.17, 15) is 4.79 Å². The Bertz CT molecular complexity index is 867. The van der Waals surface area contributed by atoms with Gasteiger partial charge >= 0.3 is 0 Å². The van der Waals surface area contributed by atoms with E-state index in [0.717, 1.165) is 30.9 Å². The summed E-state index contributed by atoms with van der Waals surface area (Å²) in [5, 5.41) is 6.38. The van der Waals surface area contributed by atoms with Crippen LogP contribution >= 0.6 is 0 Å². The highest BCUT2D eigenvalue weighted by molar-refractivity contribution is 5.94. The van der Waals surface area contributed by atoms with E-state index in [2.05, 4.69) is 32.3 Å². The summed E-state index contributed by atoms with van der Waals surface area (Å²) in [4.78, 5) is 16.5. The Morgan fingerprint density at radius 1 is 1.08 bits per heavy atom. The number of hydrogen-bond acceptors (Lipinski definition) is 3. The molecule has 1 aromatic heterocycles. The lowest BCUT2D eigenvalue weighted by atomic mass is 10.2. The van der Waals surface area contributed by atoms with Gasteiger partial charge in [0.1, 0.15) is 5.82 Å². The van der Waals surface area contributed by atoms with E-state index in [4.69, 9.17) is 0 Å². The lowest BCUT2D eigenvalue weighted by Gasteiger charge is -2.10. The molecule has 0 unspecified atom stereocenters. The molecular formula is C21H22N4O. The average Bonchev–Trinajstić information content (AvgIpc) is 3.38. The van der Waals surface area contributed by atoms with Gasteiger partial charge in [-0.15, -0.1) is 0 Å². The van der Waals surface area contributed by atoms with Crippen molar-refractivity contribution in [2.45, 2.75) is 32.0 Å². The third-order valence-corrected chi connectivity index (χ3v) is 4.51. The van der Waals surface area contributed by atoms with Gasteiger partial charge in [-0.3, -0.25) is 4.79 Å². The van der Waals surface area contributed by atoms with Gasteiger partial charge in [0.15, 0.2) is 0 Å². The lowest BCUT2D eigenvalue weighted by molar-refractivity contribution is 0.0951. The number of carbonyl (C=O) groups excluding carboxylic acids is 1. The summed E-state index contributed by atoms with van der Waals surface area (Å²) in [5.74, 6) is 0.988. The lowest BCUT2D eigenvalue weighted by Crippen LogP contribution is -2.25. The van der Waals surface area contributed by atoms with Crippen molar-refractivity contribution >= 4 is 11.6 Å². The van der Waals surface area contributed by atoms with E-state index < -0.39 is 0 Å². The van der Waals surface area contributed by atoms with Crippen LogP contribution in [0.5, 0.6) is 0 Å². The molecule has 0 radical (unpaired) electrons. The molecule has 5 nitrogen and oxygen atoms in total. The highest BCUT2D eigenvalue weighted by atomic mass is 16.1. The molecule has 2 N–H and O–H groups in total. The third kappa shape index (κ3) is 4.11. The number of nitrogens with one attached hydrogen (secondary N) is 2. The Balaban J connectivity index is 1.35. The Labute approximate surface area is 153 Å².